The standard InChI is InChI=1S/C19H31N3O2/c1-16(15-24-18-11-6-3-7-12-18)22-19(23)21-14-8-13-20-17-9-4-2-5-10-17/h3,6-7,11-12,16-17,20H,2,4-5,8-10,13-15H2,1H3,(H2,21,22,23)/t16-/m0/s1. The molecule has 1 fully saturated rings. The van der Waals surface area contributed by atoms with Gasteiger partial charge in [0.05, 0.1) is 6.04 Å². The number of para-hydroxylation sites is 1. The van der Waals surface area contributed by atoms with Gasteiger partial charge in [-0.1, -0.05) is 37.5 Å². The molecule has 1 aliphatic carbocycles. The van der Waals surface area contributed by atoms with Gasteiger partial charge in [0.1, 0.15) is 12.4 Å². The fraction of sp³-hybridized carbons (Fsp3) is 0.632. The highest BCUT2D eigenvalue weighted by Crippen LogP contribution is 2.17. The summed E-state index contributed by atoms with van der Waals surface area (Å²) < 4.78 is 5.63. The van der Waals surface area contributed by atoms with E-state index in [0.717, 1.165) is 18.7 Å². The lowest BCUT2D eigenvalue weighted by atomic mass is 9.95. The molecule has 0 radical (unpaired) electrons. The fourth-order valence-corrected chi connectivity index (χ4v) is 2.96. The van der Waals surface area contributed by atoms with Crippen LogP contribution in [0.15, 0.2) is 30.3 Å². The SMILES string of the molecule is C[C@@H](COc1ccccc1)NC(=O)NCCCNC1CCCCC1. The van der Waals surface area contributed by atoms with Crippen molar-refractivity contribution in [3.8, 4) is 5.75 Å². The van der Waals surface area contributed by atoms with E-state index in [0.29, 0.717) is 19.2 Å². The minimum Gasteiger partial charge on any atom is -0.491 e. The average molecular weight is 333 g/mol. The highest BCUT2D eigenvalue weighted by molar-refractivity contribution is 5.74. The van der Waals surface area contributed by atoms with Gasteiger partial charge >= 0.3 is 6.03 Å². The second kappa shape index (κ2) is 10.9. The van der Waals surface area contributed by atoms with E-state index in [4.69, 9.17) is 4.74 Å². The second-order valence-electron chi connectivity index (χ2n) is 6.57. The van der Waals surface area contributed by atoms with Crippen molar-refractivity contribution >= 4 is 6.03 Å². The van der Waals surface area contributed by atoms with Crippen LogP contribution in [-0.2, 0) is 0 Å². The first-order valence-electron chi connectivity index (χ1n) is 9.19. The Morgan fingerprint density at radius 1 is 1.17 bits per heavy atom. The summed E-state index contributed by atoms with van der Waals surface area (Å²) in [6.45, 7) is 4.06. The van der Waals surface area contributed by atoms with Crippen LogP contribution in [0, 0.1) is 0 Å². The zero-order valence-electron chi connectivity index (χ0n) is 14.7. The third kappa shape index (κ3) is 7.68. The Balaban J connectivity index is 1.48. The van der Waals surface area contributed by atoms with Gasteiger partial charge in [-0.05, 0) is 44.9 Å². The van der Waals surface area contributed by atoms with E-state index in [2.05, 4.69) is 16.0 Å². The topological polar surface area (TPSA) is 62.4 Å². The molecule has 0 bridgehead atoms. The first-order valence-corrected chi connectivity index (χ1v) is 9.19. The number of benzene rings is 1. The quantitative estimate of drug-likeness (QED) is 0.609. The van der Waals surface area contributed by atoms with Crippen LogP contribution in [0.1, 0.15) is 45.4 Å². The van der Waals surface area contributed by atoms with Crippen LogP contribution in [0.2, 0.25) is 0 Å². The molecule has 0 saturated heterocycles. The van der Waals surface area contributed by atoms with Crippen molar-refractivity contribution in [1.29, 1.82) is 0 Å². The minimum atomic E-state index is -0.128. The lowest BCUT2D eigenvalue weighted by molar-refractivity contribution is 0.226. The molecule has 1 aromatic rings. The first kappa shape index (κ1) is 18.6. The molecule has 0 aliphatic heterocycles. The van der Waals surface area contributed by atoms with E-state index in [9.17, 15) is 4.79 Å². The van der Waals surface area contributed by atoms with Crippen molar-refractivity contribution in [2.75, 3.05) is 19.7 Å². The summed E-state index contributed by atoms with van der Waals surface area (Å²) in [5.41, 5.74) is 0. The minimum absolute atomic E-state index is 0.0365. The maximum absolute atomic E-state index is 11.8. The van der Waals surface area contributed by atoms with Gasteiger partial charge in [-0.25, -0.2) is 4.79 Å². The number of rotatable bonds is 9. The predicted octanol–water partition coefficient (Wildman–Crippen LogP) is 3.07. The molecule has 134 valence electrons. The number of carbonyl (C=O) groups is 1. The molecule has 1 atom stereocenters. The molecule has 0 unspecified atom stereocenters. The number of amides is 2. The third-order valence-corrected chi connectivity index (χ3v) is 4.30. The van der Waals surface area contributed by atoms with Gasteiger partial charge in [-0.15, -0.1) is 0 Å². The molecule has 0 spiro atoms. The van der Waals surface area contributed by atoms with Crippen molar-refractivity contribution < 1.29 is 9.53 Å². The Bertz CT molecular complexity index is 461. The van der Waals surface area contributed by atoms with E-state index in [1.807, 2.05) is 37.3 Å². The van der Waals surface area contributed by atoms with Crippen molar-refractivity contribution in [3.63, 3.8) is 0 Å². The molecule has 5 nitrogen and oxygen atoms in total. The zero-order chi connectivity index (χ0) is 17.0. The summed E-state index contributed by atoms with van der Waals surface area (Å²) in [6, 6.07) is 10.1. The van der Waals surface area contributed by atoms with Crippen LogP contribution in [-0.4, -0.2) is 37.8 Å². The molecule has 0 aromatic heterocycles. The summed E-state index contributed by atoms with van der Waals surface area (Å²) in [7, 11) is 0. The van der Waals surface area contributed by atoms with Gasteiger partial charge in [0.25, 0.3) is 0 Å². The van der Waals surface area contributed by atoms with E-state index >= 15 is 0 Å². The molecule has 2 amide bonds. The number of hydrogen-bond donors (Lipinski definition) is 3. The lowest BCUT2D eigenvalue weighted by Crippen LogP contribution is -2.44. The molecule has 1 aliphatic rings. The highest BCUT2D eigenvalue weighted by atomic mass is 16.5. The summed E-state index contributed by atoms with van der Waals surface area (Å²) in [5, 5.41) is 9.38. The van der Waals surface area contributed by atoms with Gasteiger partial charge in [-0.3, -0.25) is 0 Å². The molecule has 5 heteroatoms. The number of ether oxygens (including phenoxy) is 1. The average Bonchev–Trinajstić information content (AvgIpc) is 2.61. The molecule has 2 rings (SSSR count). The van der Waals surface area contributed by atoms with E-state index < -0.39 is 0 Å². The van der Waals surface area contributed by atoms with Gasteiger partial charge in [0.15, 0.2) is 0 Å². The van der Waals surface area contributed by atoms with Crippen molar-refractivity contribution in [1.82, 2.24) is 16.0 Å². The van der Waals surface area contributed by atoms with Crippen LogP contribution in [0.4, 0.5) is 4.79 Å². The number of nitrogens with one attached hydrogen (secondary N) is 3. The van der Waals surface area contributed by atoms with Gasteiger partial charge in [-0.2, -0.15) is 0 Å². The predicted molar refractivity (Wildman–Crippen MR) is 97.4 cm³/mol. The Kier molecular flexibility index (Phi) is 8.46. The Morgan fingerprint density at radius 2 is 1.92 bits per heavy atom. The number of carbonyl (C=O) groups excluding carboxylic acids is 1. The van der Waals surface area contributed by atoms with Crippen LogP contribution in [0.5, 0.6) is 5.75 Å². The summed E-state index contributed by atoms with van der Waals surface area (Å²) in [6.07, 6.45) is 7.63. The molecule has 24 heavy (non-hydrogen) atoms. The number of urea groups is 1. The summed E-state index contributed by atoms with van der Waals surface area (Å²) in [4.78, 5) is 11.8. The van der Waals surface area contributed by atoms with Gasteiger partial charge in [0.2, 0.25) is 0 Å². The summed E-state index contributed by atoms with van der Waals surface area (Å²) >= 11 is 0. The molecular weight excluding hydrogens is 302 g/mol. The maximum atomic E-state index is 11.8. The Labute approximate surface area is 145 Å². The Morgan fingerprint density at radius 3 is 2.67 bits per heavy atom. The largest absolute Gasteiger partial charge is 0.491 e. The molecular formula is C19H31N3O2. The number of hydrogen-bond acceptors (Lipinski definition) is 3. The second-order valence-corrected chi connectivity index (χ2v) is 6.57. The van der Waals surface area contributed by atoms with Gasteiger partial charge in [0, 0.05) is 12.6 Å². The fourth-order valence-electron chi connectivity index (χ4n) is 2.96. The van der Waals surface area contributed by atoms with Crippen LogP contribution in [0.3, 0.4) is 0 Å². The van der Waals surface area contributed by atoms with Crippen LogP contribution < -0.4 is 20.7 Å². The normalized spacial score (nSPS) is 16.4. The van der Waals surface area contributed by atoms with Crippen molar-refractivity contribution in [2.24, 2.45) is 0 Å². The molecule has 1 saturated carbocycles. The maximum Gasteiger partial charge on any atom is 0.315 e. The van der Waals surface area contributed by atoms with Crippen molar-refractivity contribution in [3.05, 3.63) is 30.3 Å². The van der Waals surface area contributed by atoms with Crippen molar-refractivity contribution in [2.45, 2.75) is 57.5 Å². The van der Waals surface area contributed by atoms with E-state index in [-0.39, 0.29) is 12.1 Å². The first-order chi connectivity index (χ1) is 11.7. The van der Waals surface area contributed by atoms with Crippen LogP contribution >= 0.6 is 0 Å². The van der Waals surface area contributed by atoms with E-state index in [1.54, 1.807) is 0 Å². The monoisotopic (exact) mass is 333 g/mol. The molecule has 1 aromatic carbocycles. The van der Waals surface area contributed by atoms with E-state index in [1.165, 1.54) is 32.1 Å². The lowest BCUT2D eigenvalue weighted by Gasteiger charge is -2.22. The zero-order valence-corrected chi connectivity index (χ0v) is 14.7. The highest BCUT2D eigenvalue weighted by Gasteiger charge is 2.12. The molecule has 3 N–H and O–H groups in total. The third-order valence-electron chi connectivity index (χ3n) is 4.30. The smallest absolute Gasteiger partial charge is 0.315 e. The summed E-state index contributed by atoms with van der Waals surface area (Å²) in [5.74, 6) is 0.820. The van der Waals surface area contributed by atoms with Gasteiger partial charge < -0.3 is 20.7 Å². The molecule has 0 heterocycles. The Hall–Kier alpha value is -1.75. The van der Waals surface area contributed by atoms with Crippen LogP contribution in [0.25, 0.3) is 0 Å².